The van der Waals surface area contributed by atoms with Crippen molar-refractivity contribution in [2.45, 2.75) is 23.4 Å². The van der Waals surface area contributed by atoms with Gasteiger partial charge in [0.2, 0.25) is 0 Å². The first kappa shape index (κ1) is 20.5. The van der Waals surface area contributed by atoms with Crippen molar-refractivity contribution < 1.29 is 19.6 Å². The van der Waals surface area contributed by atoms with E-state index in [1.54, 1.807) is 6.07 Å². The van der Waals surface area contributed by atoms with Crippen LogP contribution in [0.5, 0.6) is 5.75 Å². The summed E-state index contributed by atoms with van der Waals surface area (Å²) in [6, 6.07) is 21.0. The number of carboxylic acids is 1. The minimum atomic E-state index is -1.25. The van der Waals surface area contributed by atoms with E-state index in [1.165, 1.54) is 11.8 Å². The Bertz CT molecular complexity index is 961. The van der Waals surface area contributed by atoms with E-state index in [0.717, 1.165) is 16.3 Å². The highest BCUT2D eigenvalue weighted by atomic mass is 32.2. The molecule has 0 aliphatic rings. The van der Waals surface area contributed by atoms with Gasteiger partial charge in [-0.2, -0.15) is 0 Å². The third-order valence-corrected chi connectivity index (χ3v) is 7.54. The van der Waals surface area contributed by atoms with Crippen molar-refractivity contribution >= 4 is 37.0 Å². The molecule has 2 N–H and O–H groups in total. The quantitative estimate of drug-likeness (QED) is 0.377. The highest BCUT2D eigenvalue weighted by Gasteiger charge is 2.27. The molecule has 6 heteroatoms. The molecule has 0 saturated heterocycles. The Hall–Kier alpha value is -2.23. The maximum atomic E-state index is 11.9. The molecule has 0 heterocycles. The summed E-state index contributed by atoms with van der Waals surface area (Å²) in [6.45, 7) is 0. The molecule has 0 amide bonds. The fraction of sp³-hybridized carbons (Fsp3) is 0.227. The lowest BCUT2D eigenvalue weighted by atomic mass is 9.97. The molecule has 0 bridgehead atoms. The fourth-order valence-corrected chi connectivity index (χ4v) is 5.60. The van der Waals surface area contributed by atoms with E-state index in [2.05, 4.69) is 0 Å². The summed E-state index contributed by atoms with van der Waals surface area (Å²) in [5.74, 6) is -1.02. The second-order valence-electron chi connectivity index (χ2n) is 6.71. The van der Waals surface area contributed by atoms with Crippen LogP contribution < -0.4 is 0 Å². The van der Waals surface area contributed by atoms with E-state index in [0.29, 0.717) is 23.5 Å². The predicted molar refractivity (Wildman–Crippen MR) is 116 cm³/mol. The standard InChI is InChI=1S/C22H23O4PS/c23-19-13-11-16-8-4-5-9-17(16)21(19)28-14-20(27-26)18(22(24)25)12-10-15-6-2-1-3-7-15/h1-9,11,13,18,20,23H,10,12,14,27H2,(H,24,25). The lowest BCUT2D eigenvalue weighted by molar-refractivity contribution is -0.141. The number of aryl methyl sites for hydroxylation is 1. The van der Waals surface area contributed by atoms with E-state index in [1.807, 2.05) is 60.7 Å². The molecule has 3 atom stereocenters. The number of thioether (sulfide) groups is 1. The van der Waals surface area contributed by atoms with Crippen molar-refractivity contribution in [2.75, 3.05) is 5.75 Å². The lowest BCUT2D eigenvalue weighted by Gasteiger charge is -2.20. The number of phenolic OH excluding ortho intramolecular Hbond substituents is 1. The molecule has 0 saturated carbocycles. The summed E-state index contributed by atoms with van der Waals surface area (Å²) >= 11 is 1.38. The van der Waals surface area contributed by atoms with Crippen LogP contribution in [0, 0.1) is 5.92 Å². The summed E-state index contributed by atoms with van der Waals surface area (Å²) in [5, 5.41) is 21.9. The average molecular weight is 414 g/mol. The van der Waals surface area contributed by atoms with E-state index >= 15 is 0 Å². The Morgan fingerprint density at radius 2 is 1.71 bits per heavy atom. The molecule has 0 aliphatic carbocycles. The minimum absolute atomic E-state index is 0.166. The maximum absolute atomic E-state index is 11.9. The Morgan fingerprint density at radius 3 is 2.43 bits per heavy atom. The SMILES string of the molecule is O=[PH2]C(CSc1c(O)ccc2ccccc12)C(CCc1ccccc1)C(=O)O. The van der Waals surface area contributed by atoms with Crippen LogP contribution in [0.15, 0.2) is 71.6 Å². The van der Waals surface area contributed by atoms with Crippen molar-refractivity contribution in [3.8, 4) is 5.75 Å². The number of carboxylic acid groups (broad SMARTS) is 1. The highest BCUT2D eigenvalue weighted by molar-refractivity contribution is 7.99. The summed E-state index contributed by atoms with van der Waals surface area (Å²) < 4.78 is 11.9. The van der Waals surface area contributed by atoms with Crippen molar-refractivity contribution in [1.82, 2.24) is 0 Å². The zero-order valence-corrected chi connectivity index (χ0v) is 17.3. The van der Waals surface area contributed by atoms with Crippen LogP contribution >= 0.6 is 20.2 Å². The Kier molecular flexibility index (Phi) is 7.18. The summed E-state index contributed by atoms with van der Waals surface area (Å²) in [7, 11) is -1.25. The van der Waals surface area contributed by atoms with Gasteiger partial charge in [0.05, 0.1) is 19.3 Å². The number of carbonyl (C=O) groups is 1. The van der Waals surface area contributed by atoms with E-state index in [4.69, 9.17) is 0 Å². The van der Waals surface area contributed by atoms with Crippen LogP contribution in [-0.2, 0) is 15.8 Å². The molecule has 0 radical (unpaired) electrons. The maximum Gasteiger partial charge on any atom is 0.307 e. The fourth-order valence-electron chi connectivity index (χ4n) is 3.30. The second kappa shape index (κ2) is 9.81. The van der Waals surface area contributed by atoms with Gasteiger partial charge < -0.3 is 14.8 Å². The van der Waals surface area contributed by atoms with Gasteiger partial charge in [-0.1, -0.05) is 60.7 Å². The molecule has 4 nitrogen and oxygen atoms in total. The summed E-state index contributed by atoms with van der Waals surface area (Å²) in [4.78, 5) is 12.5. The van der Waals surface area contributed by atoms with E-state index in [-0.39, 0.29) is 5.75 Å². The molecular weight excluding hydrogens is 391 g/mol. The molecule has 3 aromatic rings. The van der Waals surface area contributed by atoms with Gasteiger partial charge in [0, 0.05) is 11.4 Å². The lowest BCUT2D eigenvalue weighted by Crippen LogP contribution is -2.26. The van der Waals surface area contributed by atoms with Crippen LogP contribution in [0.2, 0.25) is 0 Å². The predicted octanol–water partition coefficient (Wildman–Crippen LogP) is 5.10. The van der Waals surface area contributed by atoms with Gasteiger partial charge in [0.25, 0.3) is 0 Å². The van der Waals surface area contributed by atoms with Gasteiger partial charge in [0.15, 0.2) is 0 Å². The molecule has 0 aromatic heterocycles. The average Bonchev–Trinajstić information content (AvgIpc) is 2.72. The molecular formula is C22H23O4PS. The molecule has 0 fully saturated rings. The van der Waals surface area contributed by atoms with Crippen LogP contribution in [0.25, 0.3) is 10.8 Å². The van der Waals surface area contributed by atoms with Gasteiger partial charge in [0.1, 0.15) is 5.75 Å². The van der Waals surface area contributed by atoms with Gasteiger partial charge in [-0.05, 0) is 35.2 Å². The first-order valence-corrected chi connectivity index (χ1v) is 11.3. The number of fused-ring (bicyclic) bond motifs is 1. The molecule has 0 aliphatic heterocycles. The minimum Gasteiger partial charge on any atom is -0.507 e. The Morgan fingerprint density at radius 1 is 1.00 bits per heavy atom. The number of benzene rings is 3. The Labute approximate surface area is 169 Å². The number of rotatable bonds is 9. The van der Waals surface area contributed by atoms with Crippen LogP contribution in [0.1, 0.15) is 12.0 Å². The van der Waals surface area contributed by atoms with Crippen LogP contribution in [0.3, 0.4) is 0 Å². The summed E-state index contributed by atoms with van der Waals surface area (Å²) in [6.07, 6.45) is 1.08. The van der Waals surface area contributed by atoms with Crippen molar-refractivity contribution in [3.05, 3.63) is 72.3 Å². The highest BCUT2D eigenvalue weighted by Crippen LogP contribution is 2.38. The van der Waals surface area contributed by atoms with Crippen LogP contribution in [-0.4, -0.2) is 27.6 Å². The van der Waals surface area contributed by atoms with Crippen molar-refractivity contribution in [3.63, 3.8) is 0 Å². The number of hydrogen-bond acceptors (Lipinski definition) is 4. The van der Waals surface area contributed by atoms with Crippen LogP contribution in [0.4, 0.5) is 0 Å². The van der Waals surface area contributed by atoms with E-state index < -0.39 is 26.0 Å². The zero-order valence-electron chi connectivity index (χ0n) is 15.3. The third-order valence-electron chi connectivity index (χ3n) is 4.87. The normalized spacial score (nSPS) is 13.7. The van der Waals surface area contributed by atoms with Gasteiger partial charge in [-0.25, -0.2) is 0 Å². The summed E-state index contributed by atoms with van der Waals surface area (Å²) in [5.41, 5.74) is 0.650. The van der Waals surface area contributed by atoms with Gasteiger partial charge in [-0.3, -0.25) is 4.79 Å². The molecule has 3 unspecified atom stereocenters. The molecule has 0 spiro atoms. The number of phenols is 1. The topological polar surface area (TPSA) is 74.6 Å². The Balaban J connectivity index is 1.74. The molecule has 3 aromatic carbocycles. The largest absolute Gasteiger partial charge is 0.507 e. The van der Waals surface area contributed by atoms with Gasteiger partial charge >= 0.3 is 5.97 Å². The molecule has 28 heavy (non-hydrogen) atoms. The first-order valence-electron chi connectivity index (χ1n) is 9.15. The molecule has 3 rings (SSSR count). The van der Waals surface area contributed by atoms with Crippen molar-refractivity contribution in [1.29, 1.82) is 0 Å². The number of hydrogen-bond donors (Lipinski definition) is 2. The number of aliphatic carboxylic acids is 1. The monoisotopic (exact) mass is 414 g/mol. The smallest absolute Gasteiger partial charge is 0.307 e. The van der Waals surface area contributed by atoms with E-state index in [9.17, 15) is 19.6 Å². The van der Waals surface area contributed by atoms with Gasteiger partial charge in [-0.15, -0.1) is 11.8 Å². The number of aromatic hydroxyl groups is 1. The van der Waals surface area contributed by atoms with Crippen molar-refractivity contribution in [2.24, 2.45) is 5.92 Å². The second-order valence-corrected chi connectivity index (χ2v) is 8.87. The zero-order chi connectivity index (χ0) is 19.9. The molecule has 146 valence electrons. The third kappa shape index (κ3) is 4.98. The first-order chi connectivity index (χ1) is 13.6.